The summed E-state index contributed by atoms with van der Waals surface area (Å²) in [7, 11) is 0. The molecule has 0 bridgehead atoms. The van der Waals surface area contributed by atoms with Crippen molar-refractivity contribution in [3.05, 3.63) is 41.1 Å². The monoisotopic (exact) mass is 352 g/mol. The Hall–Kier alpha value is -1.70. The summed E-state index contributed by atoms with van der Waals surface area (Å²) in [5, 5.41) is 0. The average Bonchev–Trinajstić information content (AvgIpc) is 3.21. The molecular formula is C24H36N2. The Kier molecular flexibility index (Phi) is 6.97. The van der Waals surface area contributed by atoms with Gasteiger partial charge in [0.2, 0.25) is 0 Å². The molecule has 2 heterocycles. The van der Waals surface area contributed by atoms with Crippen molar-refractivity contribution in [2.24, 2.45) is 27.7 Å². The quantitative estimate of drug-likeness (QED) is 0.551. The van der Waals surface area contributed by atoms with Gasteiger partial charge < -0.3 is 0 Å². The Morgan fingerprint density at radius 1 is 0.731 bits per heavy atom. The van der Waals surface area contributed by atoms with Crippen LogP contribution in [0.5, 0.6) is 0 Å². The SMILES string of the molecule is CC(C)C1=CN=C(C(C)C)C1.CC(C)C1=Nc2ccc(C(C)C)cc2C1. The lowest BCUT2D eigenvalue weighted by Gasteiger charge is -2.07. The molecule has 3 rings (SSSR count). The molecule has 2 nitrogen and oxygen atoms in total. The number of hydrogen-bond acceptors (Lipinski definition) is 2. The van der Waals surface area contributed by atoms with Crippen molar-refractivity contribution in [3.63, 3.8) is 0 Å². The molecule has 0 amide bonds. The molecule has 26 heavy (non-hydrogen) atoms. The van der Waals surface area contributed by atoms with Gasteiger partial charge in [0.1, 0.15) is 0 Å². The molecule has 1 aromatic carbocycles. The Morgan fingerprint density at radius 3 is 1.85 bits per heavy atom. The van der Waals surface area contributed by atoms with Gasteiger partial charge in [0.05, 0.1) is 5.69 Å². The Bertz CT molecular complexity index is 694. The highest BCUT2D eigenvalue weighted by Crippen LogP contribution is 2.31. The lowest BCUT2D eigenvalue weighted by molar-refractivity contribution is 0.750. The minimum Gasteiger partial charge on any atom is -0.265 e. The third-order valence-electron chi connectivity index (χ3n) is 5.26. The molecule has 0 atom stereocenters. The van der Waals surface area contributed by atoms with Gasteiger partial charge in [-0.05, 0) is 46.4 Å². The maximum atomic E-state index is 4.67. The third-order valence-corrected chi connectivity index (χ3v) is 5.26. The topological polar surface area (TPSA) is 24.7 Å². The summed E-state index contributed by atoms with van der Waals surface area (Å²) in [4.78, 5) is 9.06. The van der Waals surface area contributed by atoms with E-state index < -0.39 is 0 Å². The summed E-state index contributed by atoms with van der Waals surface area (Å²) in [6, 6.07) is 6.69. The minimum atomic E-state index is 0.569. The van der Waals surface area contributed by atoms with Crippen molar-refractivity contribution in [1.82, 2.24) is 0 Å². The van der Waals surface area contributed by atoms with Crippen molar-refractivity contribution in [1.29, 1.82) is 0 Å². The summed E-state index contributed by atoms with van der Waals surface area (Å²) in [6.07, 6.45) is 4.20. The van der Waals surface area contributed by atoms with Crippen LogP contribution in [0.1, 0.15) is 78.9 Å². The molecule has 0 N–H and O–H groups in total. The van der Waals surface area contributed by atoms with E-state index in [2.05, 4.69) is 83.6 Å². The molecule has 1 aromatic rings. The first kappa shape index (κ1) is 20.6. The zero-order valence-electron chi connectivity index (χ0n) is 17.9. The van der Waals surface area contributed by atoms with E-state index in [1.807, 2.05) is 6.20 Å². The summed E-state index contributed by atoms with van der Waals surface area (Å²) in [6.45, 7) is 17.8. The smallest absolute Gasteiger partial charge is 0.0665 e. The fourth-order valence-corrected chi connectivity index (χ4v) is 3.11. The molecule has 0 unspecified atom stereocenters. The van der Waals surface area contributed by atoms with E-state index in [4.69, 9.17) is 0 Å². The highest BCUT2D eigenvalue weighted by molar-refractivity contribution is 5.95. The molecule has 0 fully saturated rings. The van der Waals surface area contributed by atoms with Crippen molar-refractivity contribution < 1.29 is 0 Å². The third kappa shape index (κ3) is 5.16. The molecule has 0 aromatic heterocycles. The second kappa shape index (κ2) is 8.79. The predicted molar refractivity (Wildman–Crippen MR) is 116 cm³/mol. The fraction of sp³-hybridized carbons (Fsp3) is 0.583. The number of nitrogens with zero attached hydrogens (tertiary/aromatic N) is 2. The van der Waals surface area contributed by atoms with Gasteiger partial charge in [0, 0.05) is 30.5 Å². The largest absolute Gasteiger partial charge is 0.265 e. The molecule has 2 aliphatic rings. The van der Waals surface area contributed by atoms with E-state index >= 15 is 0 Å². The van der Waals surface area contributed by atoms with Crippen LogP contribution in [0.3, 0.4) is 0 Å². The van der Waals surface area contributed by atoms with Gasteiger partial charge in [-0.2, -0.15) is 0 Å². The van der Waals surface area contributed by atoms with Crippen molar-refractivity contribution in [2.45, 2.75) is 74.1 Å². The molecular weight excluding hydrogens is 316 g/mol. The van der Waals surface area contributed by atoms with Gasteiger partial charge in [0.15, 0.2) is 0 Å². The Morgan fingerprint density at radius 2 is 1.38 bits per heavy atom. The summed E-state index contributed by atoms with van der Waals surface area (Å²) < 4.78 is 0. The molecule has 142 valence electrons. The molecule has 0 radical (unpaired) electrons. The number of aliphatic imine (C=N–C) groups is 2. The molecule has 2 heteroatoms. The van der Waals surface area contributed by atoms with Crippen molar-refractivity contribution in [2.75, 3.05) is 0 Å². The first-order valence-corrected chi connectivity index (χ1v) is 10.1. The summed E-state index contributed by atoms with van der Waals surface area (Å²) >= 11 is 0. The van der Waals surface area contributed by atoms with Crippen LogP contribution < -0.4 is 0 Å². The van der Waals surface area contributed by atoms with Crippen LogP contribution in [0.15, 0.2) is 40.0 Å². The van der Waals surface area contributed by atoms with E-state index in [0.717, 1.165) is 12.8 Å². The first-order chi connectivity index (χ1) is 12.2. The molecule has 2 aliphatic heterocycles. The molecule has 0 spiro atoms. The minimum absolute atomic E-state index is 0.569. The summed E-state index contributed by atoms with van der Waals surface area (Å²) in [5.74, 6) is 2.45. The second-order valence-electron chi connectivity index (χ2n) is 8.79. The number of fused-ring (bicyclic) bond motifs is 1. The standard InChI is InChI=1S/C14H19N.C10H17N/c1-9(2)11-5-6-13-12(7-11)8-14(15-13)10(3)4;1-7(2)9-5-10(8(3)4)11-6-9/h5-7,9-10H,8H2,1-4H3;6-8H,5H2,1-4H3. The van der Waals surface area contributed by atoms with Crippen LogP contribution in [0, 0.1) is 17.8 Å². The van der Waals surface area contributed by atoms with E-state index in [1.54, 1.807) is 0 Å². The Balaban J connectivity index is 0.000000197. The van der Waals surface area contributed by atoms with Gasteiger partial charge in [-0.15, -0.1) is 0 Å². The normalized spacial score (nSPS) is 15.9. The Labute approximate surface area is 160 Å². The van der Waals surface area contributed by atoms with Crippen molar-refractivity contribution in [3.8, 4) is 0 Å². The van der Waals surface area contributed by atoms with Crippen molar-refractivity contribution >= 4 is 17.1 Å². The van der Waals surface area contributed by atoms with E-state index in [1.165, 1.54) is 33.8 Å². The van der Waals surface area contributed by atoms with Crippen LogP contribution in [0.2, 0.25) is 0 Å². The number of allylic oxidation sites excluding steroid dienone is 1. The molecule has 0 saturated carbocycles. The van der Waals surface area contributed by atoms with E-state index in [-0.39, 0.29) is 0 Å². The van der Waals surface area contributed by atoms with Gasteiger partial charge in [0.25, 0.3) is 0 Å². The second-order valence-corrected chi connectivity index (χ2v) is 8.79. The van der Waals surface area contributed by atoms with Gasteiger partial charge >= 0.3 is 0 Å². The van der Waals surface area contributed by atoms with Crippen LogP contribution in [0.4, 0.5) is 5.69 Å². The van der Waals surface area contributed by atoms with E-state index in [0.29, 0.717) is 23.7 Å². The van der Waals surface area contributed by atoms with Gasteiger partial charge in [-0.25, -0.2) is 0 Å². The van der Waals surface area contributed by atoms with Gasteiger partial charge in [-0.3, -0.25) is 9.98 Å². The number of benzene rings is 1. The zero-order chi connectivity index (χ0) is 19.4. The molecule has 0 aliphatic carbocycles. The highest BCUT2D eigenvalue weighted by Gasteiger charge is 2.17. The lowest BCUT2D eigenvalue weighted by Crippen LogP contribution is -2.06. The highest BCUT2D eigenvalue weighted by atomic mass is 14.8. The maximum Gasteiger partial charge on any atom is 0.0665 e. The first-order valence-electron chi connectivity index (χ1n) is 10.1. The zero-order valence-corrected chi connectivity index (χ0v) is 17.9. The predicted octanol–water partition coefficient (Wildman–Crippen LogP) is 7.12. The fourth-order valence-electron chi connectivity index (χ4n) is 3.11. The average molecular weight is 353 g/mol. The van der Waals surface area contributed by atoms with E-state index in [9.17, 15) is 0 Å². The summed E-state index contributed by atoms with van der Waals surface area (Å²) in [5.41, 5.74) is 8.16. The maximum absolute atomic E-state index is 4.67. The molecule has 0 saturated heterocycles. The number of rotatable bonds is 4. The van der Waals surface area contributed by atoms with Crippen LogP contribution >= 0.6 is 0 Å². The number of hydrogen-bond donors (Lipinski definition) is 0. The lowest BCUT2D eigenvalue weighted by atomic mass is 9.96. The van der Waals surface area contributed by atoms with Gasteiger partial charge in [-0.1, -0.05) is 67.5 Å². The van der Waals surface area contributed by atoms with Crippen LogP contribution in [-0.4, -0.2) is 11.4 Å². The van der Waals surface area contributed by atoms with Crippen LogP contribution in [0.25, 0.3) is 0 Å². The van der Waals surface area contributed by atoms with Crippen LogP contribution in [-0.2, 0) is 6.42 Å².